The summed E-state index contributed by atoms with van der Waals surface area (Å²) >= 11 is 0. The summed E-state index contributed by atoms with van der Waals surface area (Å²) in [5.41, 5.74) is 1.14. The fourth-order valence-corrected chi connectivity index (χ4v) is 4.63. The molecule has 0 amide bonds. The molecule has 0 aliphatic carbocycles. The monoisotopic (exact) mass is 340 g/mol. The molecule has 3 fully saturated rings. The van der Waals surface area contributed by atoms with E-state index in [1.165, 1.54) is 19.0 Å². The Morgan fingerprint density at radius 2 is 2.24 bits per heavy atom. The highest BCUT2D eigenvalue weighted by atomic mass is 16.5. The number of ketones is 1. The number of hydrogen-bond donors (Lipinski definition) is 0. The van der Waals surface area contributed by atoms with Gasteiger partial charge in [-0.05, 0) is 43.4 Å². The molecule has 5 nitrogen and oxygen atoms in total. The number of methoxy groups -OCH3 is 1. The van der Waals surface area contributed by atoms with Gasteiger partial charge in [-0.2, -0.15) is 4.73 Å². The van der Waals surface area contributed by atoms with Crippen molar-refractivity contribution in [3.8, 4) is 5.75 Å². The van der Waals surface area contributed by atoms with E-state index in [9.17, 15) is 10.0 Å². The summed E-state index contributed by atoms with van der Waals surface area (Å²) in [4.78, 5) is 15.7. The SMILES string of the molecule is CC[C@H]1CN2CC[C@H]1C[C@H]2C(=O)c1cc[n+]([O-])c2ccc(OC)cc12. The van der Waals surface area contributed by atoms with Crippen LogP contribution >= 0.6 is 0 Å². The number of ether oxygens (including phenoxy) is 1. The summed E-state index contributed by atoms with van der Waals surface area (Å²) in [6.07, 6.45) is 4.76. The van der Waals surface area contributed by atoms with Crippen molar-refractivity contribution < 1.29 is 14.3 Å². The van der Waals surface area contributed by atoms with E-state index in [2.05, 4.69) is 11.8 Å². The molecule has 2 aromatic rings. The fraction of sp³-hybridized carbons (Fsp3) is 0.500. The van der Waals surface area contributed by atoms with Crippen molar-refractivity contribution in [1.29, 1.82) is 0 Å². The Balaban J connectivity index is 1.72. The first-order valence-corrected chi connectivity index (χ1v) is 9.10. The molecule has 25 heavy (non-hydrogen) atoms. The lowest BCUT2D eigenvalue weighted by Crippen LogP contribution is -2.56. The van der Waals surface area contributed by atoms with E-state index in [1.807, 2.05) is 0 Å². The zero-order valence-electron chi connectivity index (χ0n) is 14.8. The lowest BCUT2D eigenvalue weighted by molar-refractivity contribution is -0.577. The first-order valence-electron chi connectivity index (χ1n) is 9.10. The molecule has 5 rings (SSSR count). The number of piperidine rings is 3. The van der Waals surface area contributed by atoms with E-state index in [1.54, 1.807) is 31.4 Å². The van der Waals surface area contributed by atoms with Crippen molar-refractivity contribution in [2.45, 2.75) is 32.2 Å². The molecule has 1 aromatic heterocycles. The predicted octanol–water partition coefficient (Wildman–Crippen LogP) is 2.78. The predicted molar refractivity (Wildman–Crippen MR) is 95.7 cm³/mol. The topological polar surface area (TPSA) is 56.5 Å². The lowest BCUT2D eigenvalue weighted by Gasteiger charge is -2.49. The van der Waals surface area contributed by atoms with Gasteiger partial charge in [-0.1, -0.05) is 13.3 Å². The first-order chi connectivity index (χ1) is 12.1. The molecule has 3 aliphatic rings. The second-order valence-corrected chi connectivity index (χ2v) is 7.27. The van der Waals surface area contributed by atoms with Gasteiger partial charge in [0.25, 0.3) is 0 Å². The number of hydrogen-bond acceptors (Lipinski definition) is 4. The number of carbonyl (C=O) groups is 1. The zero-order valence-corrected chi connectivity index (χ0v) is 14.8. The van der Waals surface area contributed by atoms with E-state index in [0.29, 0.717) is 34.1 Å². The minimum atomic E-state index is -0.0570. The third kappa shape index (κ3) is 2.67. The smallest absolute Gasteiger partial charge is 0.224 e. The average Bonchev–Trinajstić information content (AvgIpc) is 2.67. The van der Waals surface area contributed by atoms with Crippen LogP contribution in [-0.4, -0.2) is 36.9 Å². The molecule has 3 saturated heterocycles. The molecule has 1 unspecified atom stereocenters. The average molecular weight is 340 g/mol. The molecule has 0 N–H and O–H groups in total. The number of Topliss-reactive ketones (excluding diaryl/α,β-unsaturated/α-hetero) is 1. The molecule has 5 heteroatoms. The van der Waals surface area contributed by atoms with Gasteiger partial charge in [0, 0.05) is 24.2 Å². The van der Waals surface area contributed by atoms with Gasteiger partial charge in [-0.25, -0.2) is 0 Å². The maximum Gasteiger partial charge on any atom is 0.224 e. The number of aromatic nitrogens is 1. The standard InChI is InChI=1S/C20H24N2O3/c1-3-13-12-21-8-6-14(13)10-19(21)20(23)16-7-9-22(24)18-5-4-15(25-2)11-17(16)18/h4-5,7,9,11,13-14,19H,3,6,8,10,12H2,1-2H3/t13-,14-,19-/m0/s1. The number of fused-ring (bicyclic) bond motifs is 4. The molecule has 0 saturated carbocycles. The Morgan fingerprint density at radius 3 is 2.92 bits per heavy atom. The van der Waals surface area contributed by atoms with E-state index < -0.39 is 0 Å². The number of rotatable bonds is 4. The van der Waals surface area contributed by atoms with Crippen molar-refractivity contribution in [1.82, 2.24) is 4.90 Å². The summed E-state index contributed by atoms with van der Waals surface area (Å²) in [6, 6.07) is 6.87. The van der Waals surface area contributed by atoms with Crippen LogP contribution in [0.15, 0.2) is 30.5 Å². The largest absolute Gasteiger partial charge is 0.618 e. The molecule has 132 valence electrons. The van der Waals surface area contributed by atoms with Gasteiger partial charge in [0.15, 0.2) is 12.0 Å². The minimum absolute atomic E-state index is 0.0570. The number of pyridine rings is 1. The summed E-state index contributed by atoms with van der Waals surface area (Å²) < 4.78 is 6.10. The molecule has 2 bridgehead atoms. The van der Waals surface area contributed by atoms with Crippen molar-refractivity contribution in [2.24, 2.45) is 11.8 Å². The van der Waals surface area contributed by atoms with Crippen LogP contribution in [0, 0.1) is 17.0 Å². The highest BCUT2D eigenvalue weighted by molar-refractivity contribution is 6.09. The summed E-state index contributed by atoms with van der Waals surface area (Å²) in [5.74, 6) is 2.16. The summed E-state index contributed by atoms with van der Waals surface area (Å²) in [6.45, 7) is 4.27. The Bertz CT molecular complexity index is 820. The Kier molecular flexibility index (Phi) is 4.12. The van der Waals surface area contributed by atoms with Crippen LogP contribution in [0.1, 0.15) is 36.5 Å². The van der Waals surface area contributed by atoms with Gasteiger partial charge >= 0.3 is 0 Å². The van der Waals surface area contributed by atoms with E-state index in [-0.39, 0.29) is 11.8 Å². The third-order valence-corrected chi connectivity index (χ3v) is 6.09. The van der Waals surface area contributed by atoms with Crippen LogP contribution in [0.4, 0.5) is 0 Å². The summed E-state index contributed by atoms with van der Waals surface area (Å²) in [5, 5.41) is 12.8. The van der Waals surface area contributed by atoms with E-state index in [4.69, 9.17) is 4.74 Å². The third-order valence-electron chi connectivity index (χ3n) is 6.09. The van der Waals surface area contributed by atoms with Crippen LogP contribution in [0.3, 0.4) is 0 Å². The van der Waals surface area contributed by atoms with Crippen LogP contribution < -0.4 is 9.47 Å². The van der Waals surface area contributed by atoms with Crippen molar-refractivity contribution in [2.75, 3.05) is 20.2 Å². The van der Waals surface area contributed by atoms with Crippen LogP contribution in [-0.2, 0) is 0 Å². The Hall–Kier alpha value is -2.14. The van der Waals surface area contributed by atoms with E-state index >= 15 is 0 Å². The lowest BCUT2D eigenvalue weighted by atomic mass is 9.73. The highest BCUT2D eigenvalue weighted by Crippen LogP contribution is 2.39. The quantitative estimate of drug-likeness (QED) is 0.488. The fourth-order valence-electron chi connectivity index (χ4n) is 4.63. The van der Waals surface area contributed by atoms with Crippen molar-refractivity contribution in [3.63, 3.8) is 0 Å². The minimum Gasteiger partial charge on any atom is -0.618 e. The molecule has 3 aliphatic heterocycles. The van der Waals surface area contributed by atoms with Crippen molar-refractivity contribution in [3.05, 3.63) is 41.2 Å². The summed E-state index contributed by atoms with van der Waals surface area (Å²) in [7, 11) is 1.59. The van der Waals surface area contributed by atoms with Crippen LogP contribution in [0.5, 0.6) is 5.75 Å². The normalized spacial score (nSPS) is 28.2. The van der Waals surface area contributed by atoms with Gasteiger partial charge in [0.2, 0.25) is 5.52 Å². The molecule has 4 heterocycles. The molecule has 0 radical (unpaired) electrons. The van der Waals surface area contributed by atoms with Gasteiger partial charge in [-0.3, -0.25) is 9.69 Å². The van der Waals surface area contributed by atoms with Crippen LogP contribution in [0.25, 0.3) is 10.9 Å². The maximum absolute atomic E-state index is 13.3. The first kappa shape index (κ1) is 16.3. The number of nitrogens with zero attached hydrogens (tertiary/aromatic N) is 2. The zero-order chi connectivity index (χ0) is 17.6. The second-order valence-electron chi connectivity index (χ2n) is 7.27. The maximum atomic E-state index is 13.3. The Morgan fingerprint density at radius 1 is 1.40 bits per heavy atom. The number of carbonyl (C=O) groups excluding carboxylic acids is 1. The number of benzene rings is 1. The van der Waals surface area contributed by atoms with Gasteiger partial charge in [0.05, 0.1) is 18.5 Å². The van der Waals surface area contributed by atoms with Crippen molar-refractivity contribution >= 4 is 16.7 Å². The van der Waals surface area contributed by atoms with Gasteiger partial charge < -0.3 is 9.94 Å². The molecular formula is C20H24N2O3. The van der Waals surface area contributed by atoms with Crippen LogP contribution in [0.2, 0.25) is 0 Å². The van der Waals surface area contributed by atoms with E-state index in [0.717, 1.165) is 24.2 Å². The van der Waals surface area contributed by atoms with Gasteiger partial charge in [0.1, 0.15) is 5.75 Å². The molecule has 0 spiro atoms. The molecule has 4 atom stereocenters. The van der Waals surface area contributed by atoms with Gasteiger partial charge in [-0.15, -0.1) is 0 Å². The molecule has 1 aromatic carbocycles. The second kappa shape index (κ2) is 6.30. The highest BCUT2D eigenvalue weighted by Gasteiger charge is 2.42. The Labute approximate surface area is 147 Å². The molecular weight excluding hydrogens is 316 g/mol.